The lowest BCUT2D eigenvalue weighted by molar-refractivity contribution is -0.132. The summed E-state index contributed by atoms with van der Waals surface area (Å²) in [6, 6.07) is 7.96. The van der Waals surface area contributed by atoms with Crippen LogP contribution in [0.25, 0.3) is 0 Å². The number of halogens is 4. The molecule has 0 radical (unpaired) electrons. The summed E-state index contributed by atoms with van der Waals surface area (Å²) in [6.07, 6.45) is -6.65. The molecule has 1 aliphatic heterocycles. The standard InChI is InChI=1S/C13H11F4N3O2S/c14-8-6-9(7-4-2-1-3-5-7)20-12(8)18-11(19-20)10(23(21)22)13(15,16)17/h1-5,8-10,23H,6H2/t8-,9-,10?/m0/s1. The van der Waals surface area contributed by atoms with Gasteiger partial charge in [-0.15, -0.1) is 0 Å². The van der Waals surface area contributed by atoms with Gasteiger partial charge >= 0.3 is 6.18 Å². The molecule has 0 N–H and O–H groups in total. The Kier molecular flexibility index (Phi) is 3.86. The summed E-state index contributed by atoms with van der Waals surface area (Å²) in [7, 11) is -3.88. The van der Waals surface area contributed by atoms with Crippen molar-refractivity contribution >= 4 is 10.7 Å². The molecular weight excluding hydrogens is 338 g/mol. The summed E-state index contributed by atoms with van der Waals surface area (Å²) < 4.78 is 75.6. The molecule has 0 bridgehead atoms. The van der Waals surface area contributed by atoms with Gasteiger partial charge in [0, 0.05) is 6.42 Å². The fourth-order valence-corrected chi connectivity index (χ4v) is 3.16. The third-order valence-corrected chi connectivity index (χ3v) is 4.57. The van der Waals surface area contributed by atoms with E-state index in [9.17, 15) is 26.0 Å². The summed E-state index contributed by atoms with van der Waals surface area (Å²) in [4.78, 5) is 3.51. The molecule has 5 nitrogen and oxygen atoms in total. The van der Waals surface area contributed by atoms with E-state index in [1.165, 1.54) is 0 Å². The number of nitrogens with zero attached hydrogens (tertiary/aromatic N) is 3. The Morgan fingerprint density at radius 2 is 1.87 bits per heavy atom. The van der Waals surface area contributed by atoms with Crippen LogP contribution in [0.1, 0.15) is 41.1 Å². The van der Waals surface area contributed by atoms with Gasteiger partial charge in [-0.25, -0.2) is 22.5 Å². The second kappa shape index (κ2) is 5.59. The smallest absolute Gasteiger partial charge is 0.239 e. The molecule has 23 heavy (non-hydrogen) atoms. The predicted octanol–water partition coefficient (Wildman–Crippen LogP) is 2.50. The highest BCUT2D eigenvalue weighted by Crippen LogP contribution is 2.41. The number of fused-ring (bicyclic) bond motifs is 1. The molecule has 1 unspecified atom stereocenters. The van der Waals surface area contributed by atoms with E-state index >= 15 is 0 Å². The monoisotopic (exact) mass is 349 g/mol. The highest BCUT2D eigenvalue weighted by molar-refractivity contribution is 7.72. The molecule has 2 aromatic rings. The van der Waals surface area contributed by atoms with Crippen molar-refractivity contribution < 1.29 is 26.0 Å². The summed E-state index contributed by atoms with van der Waals surface area (Å²) in [5.41, 5.74) is 0.667. The number of rotatable bonds is 3. The van der Waals surface area contributed by atoms with Crippen LogP contribution < -0.4 is 0 Å². The molecule has 0 aliphatic carbocycles. The van der Waals surface area contributed by atoms with Crippen molar-refractivity contribution in [2.45, 2.75) is 30.1 Å². The average Bonchev–Trinajstić information content (AvgIpc) is 2.99. The number of hydrogen-bond donors (Lipinski definition) is 1. The fraction of sp³-hybridized carbons (Fsp3) is 0.385. The van der Waals surface area contributed by atoms with Gasteiger partial charge in [0.25, 0.3) is 0 Å². The van der Waals surface area contributed by atoms with Crippen molar-refractivity contribution in [3.8, 4) is 0 Å². The summed E-state index contributed by atoms with van der Waals surface area (Å²) in [5.74, 6) is -1.22. The first kappa shape index (κ1) is 15.9. The third kappa shape index (κ3) is 2.82. The largest absolute Gasteiger partial charge is 0.412 e. The Labute approximate surface area is 129 Å². The van der Waals surface area contributed by atoms with Gasteiger partial charge in [0.15, 0.2) is 28.5 Å². The van der Waals surface area contributed by atoms with Gasteiger partial charge in [0.1, 0.15) is 0 Å². The highest BCUT2D eigenvalue weighted by Gasteiger charge is 2.48. The minimum atomic E-state index is -5.05. The van der Waals surface area contributed by atoms with Gasteiger partial charge < -0.3 is 0 Å². The molecule has 0 saturated carbocycles. The maximum Gasteiger partial charge on any atom is 0.412 e. The van der Waals surface area contributed by atoms with E-state index in [0.717, 1.165) is 4.68 Å². The third-order valence-electron chi connectivity index (χ3n) is 3.63. The molecule has 0 spiro atoms. The first-order chi connectivity index (χ1) is 10.8. The molecule has 3 rings (SSSR count). The topological polar surface area (TPSA) is 64.8 Å². The lowest BCUT2D eigenvalue weighted by Crippen LogP contribution is -2.24. The van der Waals surface area contributed by atoms with Crippen LogP contribution in [0.2, 0.25) is 0 Å². The van der Waals surface area contributed by atoms with Crippen molar-refractivity contribution in [1.82, 2.24) is 14.8 Å². The van der Waals surface area contributed by atoms with E-state index < -0.39 is 40.2 Å². The van der Waals surface area contributed by atoms with Gasteiger partial charge in [-0.1, -0.05) is 30.3 Å². The van der Waals surface area contributed by atoms with Gasteiger partial charge in [-0.05, 0) is 5.56 Å². The molecule has 1 aliphatic rings. The van der Waals surface area contributed by atoms with Crippen LogP contribution in [0, 0.1) is 0 Å². The zero-order chi connectivity index (χ0) is 16.8. The molecule has 1 aromatic carbocycles. The van der Waals surface area contributed by atoms with Crippen LogP contribution >= 0.6 is 0 Å². The number of benzene rings is 1. The Morgan fingerprint density at radius 3 is 2.43 bits per heavy atom. The van der Waals surface area contributed by atoms with Crippen LogP contribution in [-0.2, 0) is 10.7 Å². The zero-order valence-electron chi connectivity index (χ0n) is 11.4. The van der Waals surface area contributed by atoms with E-state index in [4.69, 9.17) is 0 Å². The van der Waals surface area contributed by atoms with Crippen LogP contribution in [0.3, 0.4) is 0 Å². The van der Waals surface area contributed by atoms with Gasteiger partial charge in [-0.2, -0.15) is 18.3 Å². The summed E-state index contributed by atoms with van der Waals surface area (Å²) in [5, 5.41) is 0.815. The quantitative estimate of drug-likeness (QED) is 0.683. The molecule has 124 valence electrons. The van der Waals surface area contributed by atoms with Crippen molar-refractivity contribution in [3.05, 3.63) is 47.5 Å². The van der Waals surface area contributed by atoms with Crippen LogP contribution in [-0.4, -0.2) is 29.4 Å². The Hall–Kier alpha value is -1.97. The number of thiol groups is 1. The predicted molar refractivity (Wildman–Crippen MR) is 72.2 cm³/mol. The maximum absolute atomic E-state index is 14.1. The molecule has 3 atom stereocenters. The molecule has 1 aromatic heterocycles. The SMILES string of the molecule is O=[SH](=O)C(c1nc2n(n1)[C@H](c1ccccc1)C[C@@H]2F)C(F)(F)F. The zero-order valence-corrected chi connectivity index (χ0v) is 12.3. The van der Waals surface area contributed by atoms with E-state index in [-0.39, 0.29) is 12.2 Å². The van der Waals surface area contributed by atoms with Gasteiger partial charge in [0.05, 0.1) is 6.04 Å². The second-order valence-electron chi connectivity index (χ2n) is 5.13. The number of aromatic nitrogens is 3. The van der Waals surface area contributed by atoms with Crippen molar-refractivity contribution in [1.29, 1.82) is 0 Å². The summed E-state index contributed by atoms with van der Waals surface area (Å²) >= 11 is 0. The summed E-state index contributed by atoms with van der Waals surface area (Å²) in [6.45, 7) is 0. The van der Waals surface area contributed by atoms with Crippen molar-refractivity contribution in [2.75, 3.05) is 0 Å². The first-order valence-corrected chi connectivity index (χ1v) is 7.89. The average molecular weight is 349 g/mol. The van der Waals surface area contributed by atoms with Crippen molar-refractivity contribution in [3.63, 3.8) is 0 Å². The number of alkyl halides is 4. The van der Waals surface area contributed by atoms with E-state index in [0.29, 0.717) is 5.56 Å². The van der Waals surface area contributed by atoms with Gasteiger partial charge in [0.2, 0.25) is 5.25 Å². The Bertz CT molecular complexity index is 780. The molecule has 0 amide bonds. The van der Waals surface area contributed by atoms with Crippen LogP contribution in [0.15, 0.2) is 30.3 Å². The second-order valence-corrected chi connectivity index (χ2v) is 6.22. The first-order valence-electron chi connectivity index (χ1n) is 6.64. The molecule has 0 fully saturated rings. The Balaban J connectivity index is 2.05. The van der Waals surface area contributed by atoms with Gasteiger partial charge in [-0.3, -0.25) is 0 Å². The van der Waals surface area contributed by atoms with Crippen LogP contribution in [0.5, 0.6) is 0 Å². The molecule has 10 heteroatoms. The fourth-order valence-electron chi connectivity index (χ4n) is 2.63. The maximum atomic E-state index is 14.1. The molecule has 2 heterocycles. The van der Waals surface area contributed by atoms with Crippen LogP contribution in [0.4, 0.5) is 17.6 Å². The minimum absolute atomic E-state index is 0.000176. The molecule has 0 saturated heterocycles. The lowest BCUT2D eigenvalue weighted by atomic mass is 10.0. The molecular formula is C13H11F4N3O2S. The van der Waals surface area contributed by atoms with E-state index in [2.05, 4.69) is 10.1 Å². The lowest BCUT2D eigenvalue weighted by Gasteiger charge is -2.13. The highest BCUT2D eigenvalue weighted by atomic mass is 32.2. The van der Waals surface area contributed by atoms with E-state index in [1.54, 1.807) is 30.3 Å². The normalized spacial score (nSPS) is 22.3. The van der Waals surface area contributed by atoms with Crippen molar-refractivity contribution in [2.24, 2.45) is 0 Å². The number of hydrogen-bond acceptors (Lipinski definition) is 4. The van der Waals surface area contributed by atoms with E-state index in [1.807, 2.05) is 0 Å². The minimum Gasteiger partial charge on any atom is -0.239 e. The Morgan fingerprint density at radius 1 is 1.22 bits per heavy atom.